The first-order valence-electron chi connectivity index (χ1n) is 8.42. The van der Waals surface area contributed by atoms with Gasteiger partial charge in [-0.05, 0) is 36.5 Å². The third-order valence-corrected chi connectivity index (χ3v) is 4.78. The summed E-state index contributed by atoms with van der Waals surface area (Å²) in [7, 11) is 0. The highest BCUT2D eigenvalue weighted by molar-refractivity contribution is 5.75. The molecule has 2 amide bonds. The van der Waals surface area contributed by atoms with Crippen LogP contribution < -0.4 is 5.32 Å². The number of benzene rings is 1. The summed E-state index contributed by atoms with van der Waals surface area (Å²) in [6.07, 6.45) is 2.12. The summed E-state index contributed by atoms with van der Waals surface area (Å²) in [4.78, 5) is 16.6. The zero-order valence-electron chi connectivity index (χ0n) is 13.7. The molecule has 1 aliphatic carbocycles. The summed E-state index contributed by atoms with van der Waals surface area (Å²) in [6, 6.07) is 10.4. The van der Waals surface area contributed by atoms with Crippen molar-refractivity contribution in [2.75, 3.05) is 26.2 Å². The van der Waals surface area contributed by atoms with Gasteiger partial charge in [0.25, 0.3) is 0 Å². The smallest absolute Gasteiger partial charge is 0.317 e. The van der Waals surface area contributed by atoms with E-state index in [2.05, 4.69) is 23.2 Å². The van der Waals surface area contributed by atoms with E-state index in [0.717, 1.165) is 45.6 Å². The SMILES string of the molecule is C[C@@H]1C[C@H]1NC(=O)N1CCCN(Cc2ccc(C#N)cc2)CC1. The van der Waals surface area contributed by atoms with Crippen molar-refractivity contribution >= 4 is 6.03 Å². The van der Waals surface area contributed by atoms with Crippen LogP contribution >= 0.6 is 0 Å². The fourth-order valence-corrected chi connectivity index (χ4v) is 3.05. The molecule has 0 aromatic heterocycles. The number of nitrogens with zero attached hydrogens (tertiary/aromatic N) is 3. The van der Waals surface area contributed by atoms with Crippen LogP contribution in [-0.4, -0.2) is 48.1 Å². The predicted molar refractivity (Wildman–Crippen MR) is 88.7 cm³/mol. The van der Waals surface area contributed by atoms with Crippen molar-refractivity contribution < 1.29 is 4.79 Å². The maximum Gasteiger partial charge on any atom is 0.317 e. The van der Waals surface area contributed by atoms with Crippen LogP contribution in [0.25, 0.3) is 0 Å². The summed E-state index contributed by atoms with van der Waals surface area (Å²) in [5.41, 5.74) is 1.91. The highest BCUT2D eigenvalue weighted by Crippen LogP contribution is 2.29. The minimum absolute atomic E-state index is 0.0968. The van der Waals surface area contributed by atoms with Crippen LogP contribution in [0.4, 0.5) is 4.79 Å². The van der Waals surface area contributed by atoms with E-state index in [0.29, 0.717) is 17.5 Å². The Hall–Kier alpha value is -2.06. The summed E-state index contributed by atoms with van der Waals surface area (Å²) < 4.78 is 0. The molecule has 122 valence electrons. The molecule has 3 rings (SSSR count). The Balaban J connectivity index is 1.49. The van der Waals surface area contributed by atoms with Crippen molar-refractivity contribution in [2.45, 2.75) is 32.4 Å². The topological polar surface area (TPSA) is 59.4 Å². The zero-order valence-corrected chi connectivity index (χ0v) is 13.7. The van der Waals surface area contributed by atoms with Crippen molar-refractivity contribution in [1.29, 1.82) is 5.26 Å². The largest absolute Gasteiger partial charge is 0.335 e. The van der Waals surface area contributed by atoms with Crippen LogP contribution in [0.3, 0.4) is 0 Å². The fourth-order valence-electron chi connectivity index (χ4n) is 3.05. The van der Waals surface area contributed by atoms with Gasteiger partial charge in [0, 0.05) is 38.8 Å². The molecule has 2 atom stereocenters. The number of urea groups is 1. The number of amides is 2. The Morgan fingerprint density at radius 2 is 2.00 bits per heavy atom. The number of hydrogen-bond acceptors (Lipinski definition) is 3. The molecule has 0 radical (unpaired) electrons. The fraction of sp³-hybridized carbons (Fsp3) is 0.556. The van der Waals surface area contributed by atoms with Gasteiger partial charge in [0.2, 0.25) is 0 Å². The lowest BCUT2D eigenvalue weighted by Gasteiger charge is -2.22. The average Bonchev–Trinajstić information content (AvgIpc) is 3.30. The third kappa shape index (κ3) is 4.23. The van der Waals surface area contributed by atoms with Gasteiger partial charge in [-0.2, -0.15) is 5.26 Å². The number of nitriles is 1. The van der Waals surface area contributed by atoms with E-state index < -0.39 is 0 Å². The Morgan fingerprint density at radius 3 is 2.65 bits per heavy atom. The van der Waals surface area contributed by atoms with Crippen molar-refractivity contribution in [2.24, 2.45) is 5.92 Å². The highest BCUT2D eigenvalue weighted by atomic mass is 16.2. The molecule has 5 heteroatoms. The van der Waals surface area contributed by atoms with E-state index >= 15 is 0 Å². The number of nitrogens with one attached hydrogen (secondary N) is 1. The molecule has 0 bridgehead atoms. The molecule has 2 aliphatic rings. The van der Waals surface area contributed by atoms with Gasteiger partial charge in [0.1, 0.15) is 0 Å². The number of carbonyl (C=O) groups excluding carboxylic acids is 1. The lowest BCUT2D eigenvalue weighted by Crippen LogP contribution is -2.43. The number of rotatable bonds is 3. The van der Waals surface area contributed by atoms with Gasteiger partial charge >= 0.3 is 6.03 Å². The molecule has 1 saturated heterocycles. The molecular formula is C18H24N4O. The first-order chi connectivity index (χ1) is 11.2. The third-order valence-electron chi connectivity index (χ3n) is 4.78. The van der Waals surface area contributed by atoms with Gasteiger partial charge in [-0.25, -0.2) is 4.79 Å². The molecule has 1 N–H and O–H groups in total. The molecule has 0 spiro atoms. The predicted octanol–water partition coefficient (Wildman–Crippen LogP) is 2.18. The molecule has 1 heterocycles. The molecule has 2 fully saturated rings. The monoisotopic (exact) mass is 312 g/mol. The van der Waals surface area contributed by atoms with Crippen LogP contribution in [0, 0.1) is 17.2 Å². The van der Waals surface area contributed by atoms with E-state index in [9.17, 15) is 4.79 Å². The number of carbonyl (C=O) groups is 1. The minimum Gasteiger partial charge on any atom is -0.335 e. The van der Waals surface area contributed by atoms with Gasteiger partial charge in [-0.3, -0.25) is 4.90 Å². The van der Waals surface area contributed by atoms with Gasteiger partial charge in [-0.1, -0.05) is 19.1 Å². The molecule has 5 nitrogen and oxygen atoms in total. The van der Waals surface area contributed by atoms with Gasteiger partial charge in [0.05, 0.1) is 11.6 Å². The van der Waals surface area contributed by atoms with Crippen molar-refractivity contribution in [1.82, 2.24) is 15.1 Å². The maximum absolute atomic E-state index is 12.2. The minimum atomic E-state index is 0.0968. The Morgan fingerprint density at radius 1 is 1.26 bits per heavy atom. The second-order valence-corrected chi connectivity index (χ2v) is 6.69. The van der Waals surface area contributed by atoms with E-state index in [4.69, 9.17) is 5.26 Å². The first-order valence-corrected chi connectivity index (χ1v) is 8.42. The zero-order chi connectivity index (χ0) is 16.2. The summed E-state index contributed by atoms with van der Waals surface area (Å²) in [5, 5.41) is 12.0. The van der Waals surface area contributed by atoms with Crippen molar-refractivity contribution in [3.05, 3.63) is 35.4 Å². The highest BCUT2D eigenvalue weighted by Gasteiger charge is 2.35. The Bertz CT molecular complexity index is 592. The number of hydrogen-bond donors (Lipinski definition) is 1. The Labute approximate surface area is 137 Å². The molecule has 1 aromatic rings. The summed E-state index contributed by atoms with van der Waals surface area (Å²) in [6.45, 7) is 6.56. The van der Waals surface area contributed by atoms with Crippen molar-refractivity contribution in [3.63, 3.8) is 0 Å². The molecule has 1 saturated carbocycles. The Kier molecular flexibility index (Phi) is 4.82. The quantitative estimate of drug-likeness (QED) is 0.930. The second kappa shape index (κ2) is 7.01. The first kappa shape index (κ1) is 15.8. The van der Waals surface area contributed by atoms with E-state index in [1.807, 2.05) is 29.2 Å². The molecule has 0 unspecified atom stereocenters. The van der Waals surface area contributed by atoms with Gasteiger partial charge in [0.15, 0.2) is 0 Å². The summed E-state index contributed by atoms with van der Waals surface area (Å²) >= 11 is 0. The van der Waals surface area contributed by atoms with E-state index in [1.165, 1.54) is 5.56 Å². The molecule has 1 aliphatic heterocycles. The van der Waals surface area contributed by atoms with Crippen LogP contribution in [0.2, 0.25) is 0 Å². The lowest BCUT2D eigenvalue weighted by molar-refractivity contribution is 0.197. The van der Waals surface area contributed by atoms with E-state index in [-0.39, 0.29) is 6.03 Å². The maximum atomic E-state index is 12.2. The summed E-state index contributed by atoms with van der Waals surface area (Å²) in [5.74, 6) is 0.638. The second-order valence-electron chi connectivity index (χ2n) is 6.69. The molecular weight excluding hydrogens is 288 g/mol. The van der Waals surface area contributed by atoms with Crippen molar-refractivity contribution in [3.8, 4) is 6.07 Å². The van der Waals surface area contributed by atoms with Gasteiger partial charge in [-0.15, -0.1) is 0 Å². The van der Waals surface area contributed by atoms with E-state index in [1.54, 1.807) is 0 Å². The van der Waals surface area contributed by atoms with Crippen LogP contribution in [0.15, 0.2) is 24.3 Å². The van der Waals surface area contributed by atoms with Crippen LogP contribution in [0.5, 0.6) is 0 Å². The standard InChI is InChI=1S/C18H24N4O/c1-14-11-17(14)20-18(23)22-8-2-7-21(9-10-22)13-16-5-3-15(12-19)4-6-16/h3-6,14,17H,2,7-11,13H2,1H3,(H,20,23)/t14-,17-/m1/s1. The average molecular weight is 312 g/mol. The lowest BCUT2D eigenvalue weighted by atomic mass is 10.1. The van der Waals surface area contributed by atoms with Crippen LogP contribution in [0.1, 0.15) is 30.9 Å². The molecule has 23 heavy (non-hydrogen) atoms. The van der Waals surface area contributed by atoms with Gasteiger partial charge < -0.3 is 10.2 Å². The molecule has 1 aromatic carbocycles. The normalized spacial score (nSPS) is 24.6. The van der Waals surface area contributed by atoms with Crippen LogP contribution in [-0.2, 0) is 6.54 Å².